The summed E-state index contributed by atoms with van der Waals surface area (Å²) in [4.78, 5) is 2.51. The van der Waals surface area contributed by atoms with Crippen LogP contribution in [0.4, 0.5) is 0 Å². The highest BCUT2D eigenvalue weighted by Gasteiger charge is 2.46. The summed E-state index contributed by atoms with van der Waals surface area (Å²) in [6, 6.07) is 27.9. The van der Waals surface area contributed by atoms with Crippen molar-refractivity contribution >= 4 is 11.1 Å². The van der Waals surface area contributed by atoms with E-state index in [9.17, 15) is 0 Å². The Morgan fingerprint density at radius 1 is 0.682 bits per heavy atom. The molecule has 0 aliphatic carbocycles. The summed E-state index contributed by atoms with van der Waals surface area (Å²) in [6.07, 6.45) is 0. The van der Waals surface area contributed by atoms with Gasteiger partial charge >= 0.3 is 0 Å². The van der Waals surface area contributed by atoms with E-state index < -0.39 is 0 Å². The fourth-order valence-corrected chi connectivity index (χ4v) is 5.19. The standard InChI is InChI=1S/C20H18NS/c1-20(15-9-3-2-4-10-15)16-11-5-7-13-18(16)22(21)19-14-8-6-12-17(19)20/h2-14H,21H2,1H3/q+1. The first kappa shape index (κ1) is 13.6. The van der Waals surface area contributed by atoms with Crippen molar-refractivity contribution in [2.75, 3.05) is 0 Å². The van der Waals surface area contributed by atoms with Crippen LogP contribution >= 0.6 is 0 Å². The Kier molecular flexibility index (Phi) is 3.10. The van der Waals surface area contributed by atoms with Crippen molar-refractivity contribution in [3.05, 3.63) is 95.6 Å². The summed E-state index contributed by atoms with van der Waals surface area (Å²) in [7, 11) is 0. The van der Waals surface area contributed by atoms with Crippen molar-refractivity contribution in [2.24, 2.45) is 5.14 Å². The van der Waals surface area contributed by atoms with Crippen LogP contribution in [0, 0.1) is 0 Å². The first-order valence-corrected chi connectivity index (χ1v) is 8.75. The van der Waals surface area contributed by atoms with Gasteiger partial charge in [0.1, 0.15) is 11.1 Å². The minimum Gasteiger partial charge on any atom is -0.141 e. The predicted molar refractivity (Wildman–Crippen MR) is 93.0 cm³/mol. The second kappa shape index (κ2) is 5.01. The van der Waals surface area contributed by atoms with E-state index in [1.807, 2.05) is 0 Å². The van der Waals surface area contributed by atoms with E-state index in [1.54, 1.807) is 0 Å². The zero-order valence-electron chi connectivity index (χ0n) is 12.5. The lowest BCUT2D eigenvalue weighted by atomic mass is 9.71. The summed E-state index contributed by atoms with van der Waals surface area (Å²) in [5.41, 5.74) is 3.81. The van der Waals surface area contributed by atoms with Crippen molar-refractivity contribution in [3.63, 3.8) is 0 Å². The van der Waals surface area contributed by atoms with Crippen molar-refractivity contribution in [1.29, 1.82) is 0 Å². The first-order valence-electron chi connectivity index (χ1n) is 7.46. The maximum absolute atomic E-state index is 6.58. The highest BCUT2D eigenvalue weighted by molar-refractivity contribution is 7.95. The molecule has 108 valence electrons. The average Bonchev–Trinajstić information content (AvgIpc) is 2.60. The third-order valence-electron chi connectivity index (χ3n) is 4.68. The van der Waals surface area contributed by atoms with E-state index in [1.165, 1.54) is 26.5 Å². The van der Waals surface area contributed by atoms with E-state index in [0.29, 0.717) is 0 Å². The van der Waals surface area contributed by atoms with E-state index in [4.69, 9.17) is 5.14 Å². The Morgan fingerprint density at radius 3 is 1.68 bits per heavy atom. The van der Waals surface area contributed by atoms with Crippen LogP contribution in [0.25, 0.3) is 0 Å². The molecule has 0 bridgehead atoms. The normalized spacial score (nSPS) is 22.7. The van der Waals surface area contributed by atoms with Crippen molar-refractivity contribution in [3.8, 4) is 0 Å². The van der Waals surface area contributed by atoms with Gasteiger partial charge in [0.05, 0.1) is 5.41 Å². The van der Waals surface area contributed by atoms with Crippen LogP contribution in [0.5, 0.6) is 0 Å². The summed E-state index contributed by atoms with van der Waals surface area (Å²) in [5, 5.41) is 6.58. The molecule has 0 spiro atoms. The summed E-state index contributed by atoms with van der Waals surface area (Å²) in [5.74, 6) is 0. The van der Waals surface area contributed by atoms with Gasteiger partial charge in [-0.3, -0.25) is 0 Å². The molecule has 0 saturated carbocycles. The number of fused-ring (bicyclic) bond motifs is 2. The molecule has 1 nitrogen and oxygen atoms in total. The van der Waals surface area contributed by atoms with Crippen LogP contribution < -0.4 is 5.14 Å². The van der Waals surface area contributed by atoms with Crippen LogP contribution in [0.3, 0.4) is 0 Å². The molecule has 0 radical (unpaired) electrons. The summed E-state index contributed by atoms with van der Waals surface area (Å²) < 4.78 is 0. The molecule has 0 atom stereocenters. The van der Waals surface area contributed by atoms with Gasteiger partial charge in [-0.05, 0) is 24.6 Å². The van der Waals surface area contributed by atoms with E-state index >= 15 is 0 Å². The SMILES string of the molecule is CC1(c2ccccc2)c2ccccc2[S+](N)c2ccccc21. The molecule has 4 rings (SSSR count). The molecule has 1 aliphatic rings. The molecule has 0 aromatic heterocycles. The van der Waals surface area contributed by atoms with Crippen LogP contribution in [-0.2, 0) is 16.5 Å². The zero-order valence-corrected chi connectivity index (χ0v) is 13.3. The Hall–Kier alpha value is -2.03. The number of hydrogen-bond donors (Lipinski definition) is 1. The van der Waals surface area contributed by atoms with Gasteiger partial charge in [0.15, 0.2) is 9.79 Å². The molecule has 2 heteroatoms. The molecule has 0 saturated heterocycles. The third kappa shape index (κ3) is 1.78. The molecular weight excluding hydrogens is 286 g/mol. The lowest BCUT2D eigenvalue weighted by molar-refractivity contribution is 0.652. The van der Waals surface area contributed by atoms with E-state index in [-0.39, 0.29) is 16.5 Å². The van der Waals surface area contributed by atoms with Gasteiger partial charge in [0.25, 0.3) is 0 Å². The largest absolute Gasteiger partial charge is 0.186 e. The van der Waals surface area contributed by atoms with E-state index in [0.717, 1.165) is 0 Å². The van der Waals surface area contributed by atoms with Gasteiger partial charge in [-0.1, -0.05) is 66.7 Å². The molecule has 2 N–H and O–H groups in total. The topological polar surface area (TPSA) is 26.0 Å². The van der Waals surface area contributed by atoms with Crippen molar-refractivity contribution in [1.82, 2.24) is 0 Å². The molecule has 1 heterocycles. The molecule has 3 aromatic rings. The maximum atomic E-state index is 6.58. The summed E-state index contributed by atoms with van der Waals surface area (Å²) in [6.45, 7) is 2.32. The molecule has 1 aliphatic heterocycles. The van der Waals surface area contributed by atoms with Crippen LogP contribution in [0.1, 0.15) is 23.6 Å². The molecule has 0 unspecified atom stereocenters. The molecule has 22 heavy (non-hydrogen) atoms. The average molecular weight is 304 g/mol. The number of benzene rings is 3. The second-order valence-electron chi connectivity index (χ2n) is 5.82. The van der Waals surface area contributed by atoms with Gasteiger partial charge in [0, 0.05) is 11.1 Å². The number of nitrogens with two attached hydrogens (primary N) is 1. The monoisotopic (exact) mass is 304 g/mol. The number of rotatable bonds is 1. The number of hydrogen-bond acceptors (Lipinski definition) is 1. The van der Waals surface area contributed by atoms with Gasteiger partial charge in [0.2, 0.25) is 0 Å². The van der Waals surface area contributed by atoms with Crippen molar-refractivity contribution in [2.45, 2.75) is 22.1 Å². The lowest BCUT2D eigenvalue weighted by Gasteiger charge is -2.35. The predicted octanol–water partition coefficient (Wildman–Crippen LogP) is 4.26. The molecule has 0 fully saturated rings. The highest BCUT2D eigenvalue weighted by Crippen LogP contribution is 2.48. The van der Waals surface area contributed by atoms with Gasteiger partial charge in [-0.2, -0.15) is 0 Å². The van der Waals surface area contributed by atoms with Gasteiger partial charge in [-0.25, -0.2) is 0 Å². The van der Waals surface area contributed by atoms with Crippen LogP contribution in [0.2, 0.25) is 0 Å². The van der Waals surface area contributed by atoms with Crippen LogP contribution in [-0.4, -0.2) is 0 Å². The van der Waals surface area contributed by atoms with Gasteiger partial charge in [-0.15, -0.1) is 5.14 Å². The second-order valence-corrected chi connectivity index (χ2v) is 7.38. The Labute approximate surface area is 134 Å². The lowest BCUT2D eigenvalue weighted by Crippen LogP contribution is -2.36. The summed E-state index contributed by atoms with van der Waals surface area (Å²) >= 11 is -0.360. The third-order valence-corrected chi connectivity index (χ3v) is 6.34. The maximum Gasteiger partial charge on any atom is 0.186 e. The van der Waals surface area contributed by atoms with Gasteiger partial charge < -0.3 is 0 Å². The van der Waals surface area contributed by atoms with E-state index in [2.05, 4.69) is 85.8 Å². The Balaban J connectivity index is 2.09. The zero-order chi connectivity index (χ0) is 15.2. The molecular formula is C20H18NS+. The fraction of sp³-hybridized carbons (Fsp3) is 0.100. The minimum atomic E-state index is -0.360. The molecule has 0 amide bonds. The van der Waals surface area contributed by atoms with Crippen molar-refractivity contribution < 1.29 is 0 Å². The Morgan fingerprint density at radius 2 is 1.14 bits per heavy atom. The first-order chi connectivity index (χ1) is 10.7. The minimum absolute atomic E-state index is 0.155. The highest BCUT2D eigenvalue weighted by atomic mass is 32.2. The molecule has 3 aromatic carbocycles. The fourth-order valence-electron chi connectivity index (χ4n) is 3.49. The Bertz CT molecular complexity index is 778. The smallest absolute Gasteiger partial charge is 0.141 e. The van der Waals surface area contributed by atoms with Crippen LogP contribution in [0.15, 0.2) is 88.7 Å². The quantitative estimate of drug-likeness (QED) is 0.668.